The van der Waals surface area contributed by atoms with Crippen LogP contribution in [0.15, 0.2) is 78.9 Å². The molecule has 0 spiro atoms. The van der Waals surface area contributed by atoms with Gasteiger partial charge in [0.2, 0.25) is 0 Å². The van der Waals surface area contributed by atoms with Crippen molar-refractivity contribution in [3.8, 4) is 11.1 Å². The summed E-state index contributed by atoms with van der Waals surface area (Å²) in [5.41, 5.74) is 3.32. The van der Waals surface area contributed by atoms with E-state index >= 15 is 0 Å². The number of nitrogens with one attached hydrogen (secondary N) is 1. The number of benzene rings is 3. The Hall–Kier alpha value is -3.47. The molecule has 1 N–H and O–H groups in total. The molecule has 0 heterocycles. The normalized spacial score (nSPS) is 11.5. The fraction of sp³-hybridized carbons (Fsp3) is 0.130. The van der Waals surface area contributed by atoms with E-state index in [4.69, 9.17) is 4.74 Å². The third kappa shape index (κ3) is 4.82. The number of carbonyl (C=O) groups excluding carboxylic acids is 2. The molecule has 142 valence electrons. The van der Waals surface area contributed by atoms with E-state index in [1.54, 1.807) is 0 Å². The second kappa shape index (κ2) is 8.95. The minimum atomic E-state index is -0.842. The number of ether oxygens (including phenoxy) is 1. The fourth-order valence-corrected chi connectivity index (χ4v) is 2.88. The maximum atomic E-state index is 13.0. The lowest BCUT2D eigenvalue weighted by atomic mass is 10.0. The van der Waals surface area contributed by atoms with Gasteiger partial charge in [0.15, 0.2) is 0 Å². The summed E-state index contributed by atoms with van der Waals surface area (Å²) in [6.45, 7) is 0. The Morgan fingerprint density at radius 2 is 1.50 bits per heavy atom. The zero-order chi connectivity index (χ0) is 19.9. The summed E-state index contributed by atoms with van der Waals surface area (Å²) in [7, 11) is 1.28. The number of methoxy groups -OCH3 is 1. The molecule has 0 bridgehead atoms. The Bertz CT molecular complexity index is 938. The predicted molar refractivity (Wildman–Crippen MR) is 105 cm³/mol. The zero-order valence-corrected chi connectivity index (χ0v) is 15.4. The molecule has 0 saturated heterocycles. The van der Waals surface area contributed by atoms with Crippen LogP contribution in [0.4, 0.5) is 4.39 Å². The SMILES string of the molecule is COC(=O)[C@@H](Cc1ccc(-c2ccccc2)cc1)NC(=O)c1ccc(F)cc1. The number of carbonyl (C=O) groups is 2. The van der Waals surface area contributed by atoms with E-state index in [2.05, 4.69) is 5.32 Å². The molecule has 5 heteroatoms. The molecule has 0 unspecified atom stereocenters. The van der Waals surface area contributed by atoms with Crippen LogP contribution in [0.1, 0.15) is 15.9 Å². The fourth-order valence-electron chi connectivity index (χ4n) is 2.88. The summed E-state index contributed by atoms with van der Waals surface area (Å²) < 4.78 is 17.9. The first-order chi connectivity index (χ1) is 13.6. The van der Waals surface area contributed by atoms with Crippen LogP contribution in [0.3, 0.4) is 0 Å². The van der Waals surface area contributed by atoms with Crippen molar-refractivity contribution in [2.45, 2.75) is 12.5 Å². The molecule has 0 aliphatic carbocycles. The van der Waals surface area contributed by atoms with Gasteiger partial charge in [-0.25, -0.2) is 9.18 Å². The highest BCUT2D eigenvalue weighted by Gasteiger charge is 2.22. The zero-order valence-electron chi connectivity index (χ0n) is 15.4. The predicted octanol–water partition coefficient (Wildman–Crippen LogP) is 4.01. The number of halogens is 1. The van der Waals surface area contributed by atoms with Crippen molar-refractivity contribution in [2.75, 3.05) is 7.11 Å². The van der Waals surface area contributed by atoms with Gasteiger partial charge in [-0.2, -0.15) is 0 Å². The Labute approximate surface area is 163 Å². The maximum Gasteiger partial charge on any atom is 0.328 e. The van der Waals surface area contributed by atoms with Crippen LogP contribution >= 0.6 is 0 Å². The highest BCUT2D eigenvalue weighted by Crippen LogP contribution is 2.20. The molecule has 0 saturated carbocycles. The Balaban J connectivity index is 1.72. The van der Waals surface area contributed by atoms with Crippen molar-refractivity contribution in [1.82, 2.24) is 5.32 Å². The average Bonchev–Trinajstić information content (AvgIpc) is 2.74. The smallest absolute Gasteiger partial charge is 0.328 e. The van der Waals surface area contributed by atoms with E-state index in [1.807, 2.05) is 54.6 Å². The van der Waals surface area contributed by atoms with Gasteiger partial charge in [0.1, 0.15) is 11.9 Å². The summed E-state index contributed by atoms with van der Waals surface area (Å²) in [5, 5.41) is 2.66. The minimum absolute atomic E-state index is 0.273. The molecule has 1 amide bonds. The molecular formula is C23H20FNO3. The molecular weight excluding hydrogens is 357 g/mol. The standard InChI is InChI=1S/C23H20FNO3/c1-28-23(27)21(25-22(26)19-11-13-20(24)14-12-19)15-16-7-9-18(10-8-16)17-5-3-2-4-6-17/h2-14,21H,15H2,1H3,(H,25,26)/t21-/m1/s1. The number of hydrogen-bond donors (Lipinski definition) is 1. The first-order valence-electron chi connectivity index (χ1n) is 8.85. The molecule has 28 heavy (non-hydrogen) atoms. The largest absolute Gasteiger partial charge is 0.467 e. The van der Waals surface area contributed by atoms with E-state index < -0.39 is 23.7 Å². The average molecular weight is 377 g/mol. The first kappa shape index (κ1) is 19.3. The lowest BCUT2D eigenvalue weighted by Crippen LogP contribution is -2.43. The van der Waals surface area contributed by atoms with Gasteiger partial charge in [0, 0.05) is 12.0 Å². The van der Waals surface area contributed by atoms with E-state index in [-0.39, 0.29) is 12.0 Å². The molecule has 1 atom stereocenters. The molecule has 3 aromatic rings. The van der Waals surface area contributed by atoms with Gasteiger partial charge in [-0.05, 0) is 41.0 Å². The maximum absolute atomic E-state index is 13.0. The van der Waals surface area contributed by atoms with Crippen molar-refractivity contribution in [3.05, 3.63) is 95.8 Å². The van der Waals surface area contributed by atoms with Crippen molar-refractivity contribution < 1.29 is 18.7 Å². The van der Waals surface area contributed by atoms with Crippen LogP contribution in [0, 0.1) is 5.82 Å². The van der Waals surface area contributed by atoms with Gasteiger partial charge in [-0.3, -0.25) is 4.79 Å². The van der Waals surface area contributed by atoms with Gasteiger partial charge < -0.3 is 10.1 Å². The lowest BCUT2D eigenvalue weighted by molar-refractivity contribution is -0.142. The molecule has 0 aromatic heterocycles. The van der Waals surface area contributed by atoms with Crippen molar-refractivity contribution in [1.29, 1.82) is 0 Å². The van der Waals surface area contributed by atoms with E-state index in [1.165, 1.54) is 31.4 Å². The van der Waals surface area contributed by atoms with Gasteiger partial charge in [0.25, 0.3) is 5.91 Å². The number of esters is 1. The van der Waals surface area contributed by atoms with Crippen molar-refractivity contribution in [3.63, 3.8) is 0 Å². The Morgan fingerprint density at radius 1 is 0.893 bits per heavy atom. The second-order valence-electron chi connectivity index (χ2n) is 6.32. The van der Waals surface area contributed by atoms with E-state index in [0.29, 0.717) is 0 Å². The van der Waals surface area contributed by atoms with E-state index in [9.17, 15) is 14.0 Å². The van der Waals surface area contributed by atoms with Gasteiger partial charge in [-0.15, -0.1) is 0 Å². The Kier molecular flexibility index (Phi) is 6.17. The molecule has 0 fully saturated rings. The minimum Gasteiger partial charge on any atom is -0.467 e. The first-order valence-corrected chi connectivity index (χ1v) is 8.85. The third-order valence-corrected chi connectivity index (χ3v) is 4.40. The van der Waals surface area contributed by atoms with Crippen LogP contribution in [0.25, 0.3) is 11.1 Å². The molecule has 0 aliphatic rings. The van der Waals surface area contributed by atoms with Crippen LogP contribution in [0.2, 0.25) is 0 Å². The number of rotatable bonds is 6. The summed E-state index contributed by atoms with van der Waals surface area (Å²) in [6.07, 6.45) is 0.286. The molecule has 3 aromatic carbocycles. The summed E-state index contributed by atoms with van der Waals surface area (Å²) in [6, 6.07) is 22.0. The molecule has 4 nitrogen and oxygen atoms in total. The quantitative estimate of drug-likeness (QED) is 0.661. The highest BCUT2D eigenvalue weighted by molar-refractivity contribution is 5.96. The number of hydrogen-bond acceptors (Lipinski definition) is 3. The van der Waals surface area contributed by atoms with E-state index in [0.717, 1.165) is 16.7 Å². The summed E-state index contributed by atoms with van der Waals surface area (Å²) >= 11 is 0. The van der Waals surface area contributed by atoms with Crippen LogP contribution in [0.5, 0.6) is 0 Å². The second-order valence-corrected chi connectivity index (χ2v) is 6.32. The Morgan fingerprint density at radius 3 is 2.11 bits per heavy atom. The monoisotopic (exact) mass is 377 g/mol. The van der Waals surface area contributed by atoms with Crippen LogP contribution < -0.4 is 5.32 Å². The third-order valence-electron chi connectivity index (χ3n) is 4.40. The summed E-state index contributed by atoms with van der Waals surface area (Å²) in [4.78, 5) is 24.5. The topological polar surface area (TPSA) is 55.4 Å². The summed E-state index contributed by atoms with van der Waals surface area (Å²) in [5.74, 6) is -1.43. The number of amides is 1. The van der Waals surface area contributed by atoms with Crippen molar-refractivity contribution >= 4 is 11.9 Å². The molecule has 0 aliphatic heterocycles. The highest BCUT2D eigenvalue weighted by atomic mass is 19.1. The van der Waals surface area contributed by atoms with Crippen LogP contribution in [-0.2, 0) is 16.0 Å². The van der Waals surface area contributed by atoms with Gasteiger partial charge >= 0.3 is 5.97 Å². The molecule has 0 radical (unpaired) electrons. The van der Waals surface area contributed by atoms with Gasteiger partial charge in [-0.1, -0.05) is 54.6 Å². The molecule has 3 rings (SSSR count). The lowest BCUT2D eigenvalue weighted by Gasteiger charge is -2.17. The van der Waals surface area contributed by atoms with Crippen LogP contribution in [-0.4, -0.2) is 25.0 Å². The van der Waals surface area contributed by atoms with Crippen molar-refractivity contribution in [2.24, 2.45) is 0 Å². The van der Waals surface area contributed by atoms with Gasteiger partial charge in [0.05, 0.1) is 7.11 Å².